The van der Waals surface area contributed by atoms with Crippen LogP contribution in [0.15, 0.2) is 18.2 Å². The van der Waals surface area contributed by atoms with Crippen LogP contribution in [0.1, 0.15) is 5.56 Å². The van der Waals surface area contributed by atoms with Gasteiger partial charge in [0.05, 0.1) is 5.69 Å². The van der Waals surface area contributed by atoms with Crippen molar-refractivity contribution in [3.63, 3.8) is 0 Å². The molecule has 2 nitrogen and oxygen atoms in total. The molecule has 1 aromatic carbocycles. The highest BCUT2D eigenvalue weighted by Gasteiger charge is 2.45. The van der Waals surface area contributed by atoms with Crippen molar-refractivity contribution in [2.45, 2.75) is 19.3 Å². The second-order valence-electron chi connectivity index (χ2n) is 3.18. The molecule has 1 aromatic rings. The highest BCUT2D eigenvalue weighted by molar-refractivity contribution is 5.61. The molecule has 1 unspecified atom stereocenters. The predicted molar refractivity (Wildman–Crippen MR) is 45.3 cm³/mol. The van der Waals surface area contributed by atoms with Crippen LogP contribution in [-0.2, 0) is 0 Å². The van der Waals surface area contributed by atoms with Gasteiger partial charge < -0.3 is 10.1 Å². The summed E-state index contributed by atoms with van der Waals surface area (Å²) in [5, 5.41) is 2.27. The van der Waals surface area contributed by atoms with Crippen molar-refractivity contribution in [3.8, 4) is 5.75 Å². The van der Waals surface area contributed by atoms with Gasteiger partial charge in [-0.25, -0.2) is 0 Å². The molecule has 0 aromatic heterocycles. The summed E-state index contributed by atoms with van der Waals surface area (Å²) >= 11 is 0. The van der Waals surface area contributed by atoms with E-state index in [1.165, 1.54) is 6.07 Å². The molecule has 0 saturated heterocycles. The molecule has 0 saturated carbocycles. The summed E-state index contributed by atoms with van der Waals surface area (Å²) in [6.45, 7) is 1.81. The molecule has 2 rings (SSSR count). The first-order valence-electron chi connectivity index (χ1n) is 4.07. The Morgan fingerprint density at radius 2 is 2.07 bits per heavy atom. The van der Waals surface area contributed by atoms with E-state index in [0.29, 0.717) is 5.69 Å². The average Bonchev–Trinajstić information content (AvgIpc) is 2.45. The average molecular weight is 203 g/mol. The smallest absolute Gasteiger partial charge is 0.445 e. The van der Waals surface area contributed by atoms with Crippen molar-refractivity contribution in [2.24, 2.45) is 0 Å². The normalized spacial score (nSPS) is 19.9. The topological polar surface area (TPSA) is 21.3 Å². The van der Waals surface area contributed by atoms with Crippen LogP contribution in [0.2, 0.25) is 0 Å². The Morgan fingerprint density at radius 1 is 1.36 bits per heavy atom. The molecule has 1 atom stereocenters. The fourth-order valence-corrected chi connectivity index (χ4v) is 1.31. The van der Waals surface area contributed by atoms with Crippen LogP contribution in [0.3, 0.4) is 0 Å². The molecule has 0 aliphatic carbocycles. The first-order valence-corrected chi connectivity index (χ1v) is 4.07. The first kappa shape index (κ1) is 9.18. The molecular formula is C9H8F3NO. The van der Waals surface area contributed by atoms with E-state index < -0.39 is 12.4 Å². The third kappa shape index (κ3) is 1.49. The number of fused-ring (bicyclic) bond motifs is 1. The lowest BCUT2D eigenvalue weighted by molar-refractivity contribution is -0.182. The van der Waals surface area contributed by atoms with Gasteiger partial charge in [-0.2, -0.15) is 13.2 Å². The molecule has 0 amide bonds. The molecule has 1 heterocycles. The second-order valence-corrected chi connectivity index (χ2v) is 3.18. The van der Waals surface area contributed by atoms with Crippen LogP contribution >= 0.6 is 0 Å². The third-order valence-electron chi connectivity index (χ3n) is 1.96. The number of aryl methyl sites for hydroxylation is 1. The lowest BCUT2D eigenvalue weighted by atomic mass is 10.2. The molecule has 1 aliphatic rings. The van der Waals surface area contributed by atoms with Gasteiger partial charge in [-0.1, -0.05) is 6.07 Å². The summed E-state index contributed by atoms with van der Waals surface area (Å²) in [6, 6.07) is 4.86. The summed E-state index contributed by atoms with van der Waals surface area (Å²) in [6.07, 6.45) is -6.30. The number of anilines is 1. The van der Waals surface area contributed by atoms with Gasteiger partial charge in [0.25, 0.3) is 6.23 Å². The van der Waals surface area contributed by atoms with Crippen molar-refractivity contribution in [1.82, 2.24) is 0 Å². The minimum absolute atomic E-state index is 0.248. The Balaban J connectivity index is 2.26. The third-order valence-corrected chi connectivity index (χ3v) is 1.96. The Hall–Kier alpha value is -1.39. The number of alkyl halides is 3. The maximum absolute atomic E-state index is 12.2. The molecule has 0 radical (unpaired) electrons. The highest BCUT2D eigenvalue weighted by Crippen LogP contribution is 2.37. The van der Waals surface area contributed by atoms with E-state index in [1.807, 2.05) is 6.92 Å². The van der Waals surface area contributed by atoms with Gasteiger partial charge in [0.1, 0.15) is 5.75 Å². The molecule has 14 heavy (non-hydrogen) atoms. The Bertz CT molecular complexity index is 362. The SMILES string of the molecule is Cc1ccc2c(c1)NC(C(F)(F)F)O2. The van der Waals surface area contributed by atoms with Gasteiger partial charge in [-0.15, -0.1) is 0 Å². The fraction of sp³-hybridized carbons (Fsp3) is 0.333. The van der Waals surface area contributed by atoms with E-state index >= 15 is 0 Å². The van der Waals surface area contributed by atoms with Crippen molar-refractivity contribution >= 4 is 5.69 Å². The van der Waals surface area contributed by atoms with E-state index in [0.717, 1.165) is 5.56 Å². The summed E-state index contributed by atoms with van der Waals surface area (Å²) in [5.41, 5.74) is 1.29. The number of ether oxygens (including phenoxy) is 1. The van der Waals surface area contributed by atoms with Crippen LogP contribution in [0.25, 0.3) is 0 Å². The Kier molecular flexibility index (Phi) is 1.83. The maximum Gasteiger partial charge on any atom is 0.445 e. The molecule has 0 fully saturated rings. The fourth-order valence-electron chi connectivity index (χ4n) is 1.31. The number of rotatable bonds is 0. The monoisotopic (exact) mass is 203 g/mol. The zero-order valence-electron chi connectivity index (χ0n) is 7.35. The van der Waals surface area contributed by atoms with Gasteiger partial charge >= 0.3 is 6.18 Å². The van der Waals surface area contributed by atoms with E-state index in [4.69, 9.17) is 4.74 Å². The summed E-state index contributed by atoms with van der Waals surface area (Å²) in [5.74, 6) is 0.248. The molecule has 1 N–H and O–H groups in total. The van der Waals surface area contributed by atoms with Gasteiger partial charge in [0, 0.05) is 0 Å². The summed E-state index contributed by atoms with van der Waals surface area (Å²) in [4.78, 5) is 0. The summed E-state index contributed by atoms with van der Waals surface area (Å²) in [7, 11) is 0. The number of halogens is 3. The number of benzene rings is 1. The van der Waals surface area contributed by atoms with Crippen molar-refractivity contribution < 1.29 is 17.9 Å². The number of hydrogen-bond donors (Lipinski definition) is 1. The minimum atomic E-state index is -4.38. The van der Waals surface area contributed by atoms with Crippen molar-refractivity contribution in [1.29, 1.82) is 0 Å². The number of hydrogen-bond acceptors (Lipinski definition) is 2. The lowest BCUT2D eigenvalue weighted by Gasteiger charge is -2.14. The van der Waals surface area contributed by atoms with Crippen LogP contribution in [-0.4, -0.2) is 12.4 Å². The molecule has 76 valence electrons. The van der Waals surface area contributed by atoms with Crippen molar-refractivity contribution in [2.75, 3.05) is 5.32 Å². The Labute approximate surface area is 78.7 Å². The van der Waals surface area contributed by atoms with E-state index in [2.05, 4.69) is 5.32 Å². The first-order chi connectivity index (χ1) is 6.47. The van der Waals surface area contributed by atoms with Crippen molar-refractivity contribution in [3.05, 3.63) is 23.8 Å². The van der Waals surface area contributed by atoms with E-state index in [-0.39, 0.29) is 5.75 Å². The van der Waals surface area contributed by atoms with E-state index in [1.54, 1.807) is 12.1 Å². The zero-order valence-corrected chi connectivity index (χ0v) is 7.35. The molecule has 1 aliphatic heterocycles. The maximum atomic E-state index is 12.2. The van der Waals surface area contributed by atoms with E-state index in [9.17, 15) is 13.2 Å². The molecule has 0 bridgehead atoms. The lowest BCUT2D eigenvalue weighted by Crippen LogP contribution is -2.37. The molecular weight excluding hydrogens is 195 g/mol. The van der Waals surface area contributed by atoms with Gasteiger partial charge in [-0.3, -0.25) is 0 Å². The van der Waals surface area contributed by atoms with Gasteiger partial charge in [0.15, 0.2) is 0 Å². The van der Waals surface area contributed by atoms with Crippen LogP contribution < -0.4 is 10.1 Å². The highest BCUT2D eigenvalue weighted by atomic mass is 19.4. The number of nitrogens with one attached hydrogen (secondary N) is 1. The zero-order chi connectivity index (χ0) is 10.3. The Morgan fingerprint density at radius 3 is 2.71 bits per heavy atom. The summed E-state index contributed by atoms with van der Waals surface area (Å²) < 4.78 is 41.4. The van der Waals surface area contributed by atoms with Gasteiger partial charge in [-0.05, 0) is 24.6 Å². The van der Waals surface area contributed by atoms with Crippen LogP contribution in [0.4, 0.5) is 18.9 Å². The van der Waals surface area contributed by atoms with Crippen LogP contribution in [0.5, 0.6) is 5.75 Å². The van der Waals surface area contributed by atoms with Crippen LogP contribution in [0, 0.1) is 6.92 Å². The quantitative estimate of drug-likeness (QED) is 0.699. The second kappa shape index (κ2) is 2.80. The molecule has 5 heteroatoms. The standard InChI is InChI=1S/C9H8F3NO/c1-5-2-3-7-6(4-5)13-8(14-7)9(10,11)12/h2-4,8,13H,1H3. The van der Waals surface area contributed by atoms with Gasteiger partial charge in [0.2, 0.25) is 0 Å². The molecule has 0 spiro atoms. The minimum Gasteiger partial charge on any atom is -0.459 e. The largest absolute Gasteiger partial charge is 0.459 e. The predicted octanol–water partition coefficient (Wildman–Crippen LogP) is 2.69.